The number of thioether (sulfide) groups is 1. The summed E-state index contributed by atoms with van der Waals surface area (Å²) in [7, 11) is 0. The molecule has 1 saturated heterocycles. The highest BCUT2D eigenvalue weighted by Gasteiger charge is 2.16. The number of carbonyl (C=O) groups is 1. The first-order valence-electron chi connectivity index (χ1n) is 6.84. The van der Waals surface area contributed by atoms with Gasteiger partial charge in [0.15, 0.2) is 0 Å². The average molecular weight is 274 g/mol. The van der Waals surface area contributed by atoms with Gasteiger partial charge in [0.05, 0.1) is 6.61 Å². The molecule has 1 amide bonds. The molecule has 1 fully saturated rings. The Hall–Kier alpha value is -0.260. The summed E-state index contributed by atoms with van der Waals surface area (Å²) in [5.74, 6) is 3.00. The van der Waals surface area contributed by atoms with E-state index in [2.05, 4.69) is 24.5 Å². The van der Waals surface area contributed by atoms with Crippen molar-refractivity contribution in [2.45, 2.75) is 32.7 Å². The molecule has 0 aromatic heterocycles. The van der Waals surface area contributed by atoms with Gasteiger partial charge in [0.25, 0.3) is 0 Å². The maximum atomic E-state index is 11.6. The molecule has 1 atom stereocenters. The SMILES string of the molecule is CC(C)CCOCCNC(=O)CC1CSCCN1. The standard InChI is InChI=1S/C13H26N2O2S/c1-11(2)3-6-17-7-4-15-13(16)9-12-10-18-8-5-14-12/h11-12,14H,3-10H2,1-2H3,(H,15,16). The zero-order valence-corrected chi connectivity index (χ0v) is 12.4. The van der Waals surface area contributed by atoms with E-state index in [0.717, 1.165) is 31.1 Å². The predicted molar refractivity (Wildman–Crippen MR) is 77.0 cm³/mol. The van der Waals surface area contributed by atoms with Gasteiger partial charge in [-0.05, 0) is 12.3 Å². The third kappa shape index (κ3) is 7.95. The first kappa shape index (κ1) is 15.8. The molecule has 0 bridgehead atoms. The van der Waals surface area contributed by atoms with Crippen LogP contribution in [0, 0.1) is 5.92 Å². The van der Waals surface area contributed by atoms with Crippen LogP contribution in [0.15, 0.2) is 0 Å². The molecular formula is C13H26N2O2S. The fourth-order valence-corrected chi connectivity index (χ4v) is 2.68. The highest BCUT2D eigenvalue weighted by molar-refractivity contribution is 7.99. The molecule has 4 nitrogen and oxygen atoms in total. The van der Waals surface area contributed by atoms with Crippen LogP contribution in [-0.2, 0) is 9.53 Å². The maximum Gasteiger partial charge on any atom is 0.221 e. The van der Waals surface area contributed by atoms with Gasteiger partial charge in [-0.2, -0.15) is 11.8 Å². The molecule has 1 aliphatic rings. The second kappa shape index (κ2) is 9.64. The maximum absolute atomic E-state index is 11.6. The van der Waals surface area contributed by atoms with Crippen molar-refractivity contribution >= 4 is 17.7 Å². The third-order valence-corrected chi connectivity index (χ3v) is 3.97. The van der Waals surface area contributed by atoms with Gasteiger partial charge in [0.2, 0.25) is 5.91 Å². The number of rotatable bonds is 8. The lowest BCUT2D eigenvalue weighted by Crippen LogP contribution is -2.41. The molecule has 18 heavy (non-hydrogen) atoms. The number of hydrogen-bond donors (Lipinski definition) is 2. The molecule has 0 aromatic carbocycles. The van der Waals surface area contributed by atoms with Gasteiger partial charge >= 0.3 is 0 Å². The van der Waals surface area contributed by atoms with Crippen LogP contribution in [0.4, 0.5) is 0 Å². The van der Waals surface area contributed by atoms with Crippen LogP contribution < -0.4 is 10.6 Å². The first-order chi connectivity index (χ1) is 8.68. The number of carbonyl (C=O) groups excluding carboxylic acids is 1. The first-order valence-corrected chi connectivity index (χ1v) is 7.99. The van der Waals surface area contributed by atoms with E-state index in [-0.39, 0.29) is 5.91 Å². The zero-order chi connectivity index (χ0) is 13.2. The van der Waals surface area contributed by atoms with Crippen molar-refractivity contribution in [1.82, 2.24) is 10.6 Å². The summed E-state index contributed by atoms with van der Waals surface area (Å²) in [5, 5.41) is 6.27. The largest absolute Gasteiger partial charge is 0.380 e. The van der Waals surface area contributed by atoms with Crippen LogP contribution in [-0.4, -0.2) is 49.8 Å². The monoisotopic (exact) mass is 274 g/mol. The van der Waals surface area contributed by atoms with Gasteiger partial charge in [-0.1, -0.05) is 13.8 Å². The lowest BCUT2D eigenvalue weighted by atomic mass is 10.1. The van der Waals surface area contributed by atoms with Gasteiger partial charge in [-0.3, -0.25) is 4.79 Å². The van der Waals surface area contributed by atoms with E-state index in [1.165, 1.54) is 0 Å². The Bertz CT molecular complexity index is 231. The fourth-order valence-electron chi connectivity index (χ4n) is 1.73. The molecule has 0 aliphatic carbocycles. The van der Waals surface area contributed by atoms with Gasteiger partial charge < -0.3 is 15.4 Å². The molecule has 0 aromatic rings. The van der Waals surface area contributed by atoms with Crippen LogP contribution in [0.25, 0.3) is 0 Å². The highest BCUT2D eigenvalue weighted by atomic mass is 32.2. The summed E-state index contributed by atoms with van der Waals surface area (Å²) in [6, 6.07) is 0.339. The van der Waals surface area contributed by atoms with Crippen LogP contribution in [0.1, 0.15) is 26.7 Å². The minimum absolute atomic E-state index is 0.127. The molecule has 5 heteroatoms. The minimum Gasteiger partial charge on any atom is -0.380 e. The lowest BCUT2D eigenvalue weighted by Gasteiger charge is -2.22. The van der Waals surface area contributed by atoms with Crippen molar-refractivity contribution < 1.29 is 9.53 Å². The van der Waals surface area contributed by atoms with E-state index >= 15 is 0 Å². The van der Waals surface area contributed by atoms with Crippen LogP contribution >= 0.6 is 11.8 Å². The predicted octanol–water partition coefficient (Wildman–Crippen LogP) is 1.26. The van der Waals surface area contributed by atoms with Crippen molar-refractivity contribution in [3.05, 3.63) is 0 Å². The molecule has 1 unspecified atom stereocenters. The molecule has 0 saturated carbocycles. The van der Waals surface area contributed by atoms with Crippen molar-refractivity contribution in [3.63, 3.8) is 0 Å². The Labute approximate surface area is 115 Å². The van der Waals surface area contributed by atoms with Crippen molar-refractivity contribution in [3.8, 4) is 0 Å². The number of hydrogen-bond acceptors (Lipinski definition) is 4. The quantitative estimate of drug-likeness (QED) is 0.654. The van der Waals surface area contributed by atoms with Crippen molar-refractivity contribution in [1.29, 1.82) is 0 Å². The molecule has 1 rings (SSSR count). The van der Waals surface area contributed by atoms with E-state index in [4.69, 9.17) is 4.74 Å². The van der Waals surface area contributed by atoms with E-state index < -0.39 is 0 Å². The summed E-state index contributed by atoms with van der Waals surface area (Å²) in [6.07, 6.45) is 1.66. The Kier molecular flexibility index (Phi) is 8.46. The summed E-state index contributed by atoms with van der Waals surface area (Å²) in [6.45, 7) is 7.40. The fraction of sp³-hybridized carbons (Fsp3) is 0.923. The van der Waals surface area contributed by atoms with E-state index in [1.807, 2.05) is 11.8 Å². The minimum atomic E-state index is 0.127. The van der Waals surface area contributed by atoms with Crippen LogP contribution in [0.3, 0.4) is 0 Å². The van der Waals surface area contributed by atoms with Gasteiger partial charge in [-0.15, -0.1) is 0 Å². The van der Waals surface area contributed by atoms with E-state index in [9.17, 15) is 4.79 Å². The molecule has 0 radical (unpaired) electrons. The van der Waals surface area contributed by atoms with Crippen LogP contribution in [0.2, 0.25) is 0 Å². The molecule has 1 aliphatic heterocycles. The normalized spacial score (nSPS) is 20.1. The summed E-state index contributed by atoms with van der Waals surface area (Å²) in [5.41, 5.74) is 0. The molecule has 1 heterocycles. The molecule has 0 spiro atoms. The van der Waals surface area contributed by atoms with Gasteiger partial charge in [0, 0.05) is 43.7 Å². The summed E-state index contributed by atoms with van der Waals surface area (Å²) < 4.78 is 5.45. The van der Waals surface area contributed by atoms with Gasteiger partial charge in [-0.25, -0.2) is 0 Å². The Morgan fingerprint density at radius 3 is 3.00 bits per heavy atom. The summed E-state index contributed by atoms with van der Waals surface area (Å²) in [4.78, 5) is 11.6. The number of amides is 1. The number of ether oxygens (including phenoxy) is 1. The second-order valence-electron chi connectivity index (χ2n) is 5.07. The van der Waals surface area contributed by atoms with Crippen LogP contribution in [0.5, 0.6) is 0 Å². The second-order valence-corrected chi connectivity index (χ2v) is 6.22. The topological polar surface area (TPSA) is 50.4 Å². The Morgan fingerprint density at radius 1 is 1.50 bits per heavy atom. The zero-order valence-electron chi connectivity index (χ0n) is 11.5. The number of nitrogens with one attached hydrogen (secondary N) is 2. The lowest BCUT2D eigenvalue weighted by molar-refractivity contribution is -0.121. The van der Waals surface area contributed by atoms with Crippen molar-refractivity contribution in [2.24, 2.45) is 5.92 Å². The molecule has 2 N–H and O–H groups in total. The molecular weight excluding hydrogens is 248 g/mol. The van der Waals surface area contributed by atoms with E-state index in [0.29, 0.717) is 31.5 Å². The third-order valence-electron chi connectivity index (χ3n) is 2.84. The summed E-state index contributed by atoms with van der Waals surface area (Å²) >= 11 is 1.92. The Morgan fingerprint density at radius 2 is 2.33 bits per heavy atom. The average Bonchev–Trinajstić information content (AvgIpc) is 2.34. The smallest absolute Gasteiger partial charge is 0.221 e. The van der Waals surface area contributed by atoms with E-state index in [1.54, 1.807) is 0 Å². The molecule has 106 valence electrons. The van der Waals surface area contributed by atoms with Gasteiger partial charge in [0.1, 0.15) is 0 Å². The van der Waals surface area contributed by atoms with Crippen molar-refractivity contribution in [2.75, 3.05) is 37.8 Å². The highest BCUT2D eigenvalue weighted by Crippen LogP contribution is 2.09. The Balaban J connectivity index is 1.93.